The van der Waals surface area contributed by atoms with Crippen LogP contribution in [-0.4, -0.2) is 36.1 Å². The van der Waals surface area contributed by atoms with E-state index >= 15 is 0 Å². The molecule has 2 aliphatic rings. The fraction of sp³-hybridized carbons (Fsp3) is 1.00. The smallest absolute Gasteiger partial charge is 0.0221 e. The van der Waals surface area contributed by atoms with Gasteiger partial charge in [-0.3, -0.25) is 4.90 Å². The number of hydrogen-bond acceptors (Lipinski definition) is 2. The molecule has 2 nitrogen and oxygen atoms in total. The summed E-state index contributed by atoms with van der Waals surface area (Å²) < 4.78 is 0. The normalized spacial score (nSPS) is 37.3. The summed E-state index contributed by atoms with van der Waals surface area (Å²) in [6.45, 7) is 14.4. The summed E-state index contributed by atoms with van der Waals surface area (Å²) in [7, 11) is 0. The predicted octanol–water partition coefficient (Wildman–Crippen LogP) is 3.27. The Bertz CT molecular complexity index is 272. The lowest BCUT2D eigenvalue weighted by atomic mass is 9.84. The van der Waals surface area contributed by atoms with Gasteiger partial charge in [0.1, 0.15) is 0 Å². The quantitative estimate of drug-likeness (QED) is 0.829. The Morgan fingerprint density at radius 3 is 2.56 bits per heavy atom. The van der Waals surface area contributed by atoms with Crippen LogP contribution in [0.15, 0.2) is 0 Å². The second-order valence-electron chi connectivity index (χ2n) is 7.41. The van der Waals surface area contributed by atoms with Crippen LogP contribution in [-0.2, 0) is 0 Å². The molecule has 0 aromatic carbocycles. The summed E-state index contributed by atoms with van der Waals surface area (Å²) in [4.78, 5) is 2.86. The maximum Gasteiger partial charge on any atom is 0.0221 e. The second kappa shape index (κ2) is 5.50. The van der Waals surface area contributed by atoms with Gasteiger partial charge in [-0.05, 0) is 30.6 Å². The van der Waals surface area contributed by atoms with Crippen LogP contribution in [0.3, 0.4) is 0 Å². The standard InChI is InChI=1S/C16H32N2/c1-6-13-10-17-14(12(2)3)11-18(13)15-8-7-9-16(15,4)5/h12-15,17H,6-11H2,1-5H3. The van der Waals surface area contributed by atoms with Crippen molar-refractivity contribution in [3.8, 4) is 0 Å². The first-order valence-electron chi connectivity index (χ1n) is 7.95. The van der Waals surface area contributed by atoms with Crippen LogP contribution in [0, 0.1) is 11.3 Å². The monoisotopic (exact) mass is 252 g/mol. The van der Waals surface area contributed by atoms with Crippen molar-refractivity contribution < 1.29 is 0 Å². The molecule has 0 amide bonds. The summed E-state index contributed by atoms with van der Waals surface area (Å²) in [6, 6.07) is 2.25. The molecule has 3 unspecified atom stereocenters. The highest BCUT2D eigenvalue weighted by Gasteiger charge is 2.42. The molecular formula is C16H32N2. The zero-order chi connectivity index (χ0) is 13.3. The Morgan fingerprint density at radius 2 is 2.06 bits per heavy atom. The van der Waals surface area contributed by atoms with Crippen LogP contribution in [0.5, 0.6) is 0 Å². The van der Waals surface area contributed by atoms with Crippen molar-refractivity contribution in [2.45, 2.75) is 78.4 Å². The first kappa shape index (κ1) is 14.3. The highest BCUT2D eigenvalue weighted by Crippen LogP contribution is 2.42. The van der Waals surface area contributed by atoms with Crippen molar-refractivity contribution in [1.82, 2.24) is 10.2 Å². The molecule has 1 aliphatic heterocycles. The fourth-order valence-corrected chi connectivity index (χ4v) is 3.98. The molecule has 18 heavy (non-hydrogen) atoms. The first-order valence-corrected chi connectivity index (χ1v) is 7.95. The van der Waals surface area contributed by atoms with Gasteiger partial charge in [-0.2, -0.15) is 0 Å². The Kier molecular flexibility index (Phi) is 4.38. The van der Waals surface area contributed by atoms with Crippen molar-refractivity contribution in [3.63, 3.8) is 0 Å². The molecule has 106 valence electrons. The van der Waals surface area contributed by atoms with Crippen LogP contribution in [0.4, 0.5) is 0 Å². The summed E-state index contributed by atoms with van der Waals surface area (Å²) in [5.74, 6) is 0.745. The summed E-state index contributed by atoms with van der Waals surface area (Å²) in [5, 5.41) is 3.76. The molecule has 1 saturated carbocycles. The van der Waals surface area contributed by atoms with E-state index in [1.807, 2.05) is 0 Å². The summed E-state index contributed by atoms with van der Waals surface area (Å²) >= 11 is 0. The Hall–Kier alpha value is -0.0800. The Morgan fingerprint density at radius 1 is 1.33 bits per heavy atom. The number of nitrogens with zero attached hydrogens (tertiary/aromatic N) is 1. The van der Waals surface area contributed by atoms with Crippen molar-refractivity contribution in [3.05, 3.63) is 0 Å². The highest BCUT2D eigenvalue weighted by atomic mass is 15.3. The van der Waals surface area contributed by atoms with Gasteiger partial charge >= 0.3 is 0 Å². The van der Waals surface area contributed by atoms with Crippen molar-refractivity contribution >= 4 is 0 Å². The van der Waals surface area contributed by atoms with Gasteiger partial charge in [-0.15, -0.1) is 0 Å². The number of rotatable bonds is 3. The summed E-state index contributed by atoms with van der Waals surface area (Å²) in [6.07, 6.45) is 5.52. The van der Waals surface area contributed by atoms with E-state index in [1.165, 1.54) is 38.8 Å². The average Bonchev–Trinajstić information content (AvgIpc) is 2.67. The van der Waals surface area contributed by atoms with E-state index in [0.29, 0.717) is 11.5 Å². The van der Waals surface area contributed by atoms with Gasteiger partial charge in [0.2, 0.25) is 0 Å². The van der Waals surface area contributed by atoms with Crippen LogP contribution in [0.25, 0.3) is 0 Å². The van der Waals surface area contributed by atoms with E-state index in [0.717, 1.165) is 18.0 Å². The van der Waals surface area contributed by atoms with E-state index in [2.05, 4.69) is 44.8 Å². The van der Waals surface area contributed by atoms with Crippen molar-refractivity contribution in [1.29, 1.82) is 0 Å². The molecule has 1 saturated heterocycles. The molecule has 2 fully saturated rings. The van der Waals surface area contributed by atoms with Gasteiger partial charge in [-0.1, -0.05) is 41.0 Å². The van der Waals surface area contributed by atoms with Crippen LogP contribution in [0.1, 0.15) is 60.3 Å². The van der Waals surface area contributed by atoms with Crippen LogP contribution in [0.2, 0.25) is 0 Å². The molecule has 0 bridgehead atoms. The van der Waals surface area contributed by atoms with E-state index in [1.54, 1.807) is 0 Å². The van der Waals surface area contributed by atoms with Crippen molar-refractivity contribution in [2.24, 2.45) is 11.3 Å². The SMILES string of the molecule is CCC1CNC(C(C)C)CN1C1CCCC1(C)C. The maximum atomic E-state index is 3.76. The lowest BCUT2D eigenvalue weighted by Gasteiger charge is -2.48. The van der Waals surface area contributed by atoms with E-state index in [4.69, 9.17) is 0 Å². The molecule has 1 N–H and O–H groups in total. The molecule has 1 aliphatic carbocycles. The van der Waals surface area contributed by atoms with Crippen LogP contribution < -0.4 is 5.32 Å². The molecule has 1 heterocycles. The zero-order valence-electron chi connectivity index (χ0n) is 13.0. The maximum absolute atomic E-state index is 3.76. The molecule has 2 heteroatoms. The molecule has 0 spiro atoms. The molecule has 0 aromatic heterocycles. The lowest BCUT2D eigenvalue weighted by Crippen LogP contribution is -2.62. The van der Waals surface area contributed by atoms with Crippen molar-refractivity contribution in [2.75, 3.05) is 13.1 Å². The topological polar surface area (TPSA) is 15.3 Å². The number of piperazine rings is 1. The third-order valence-corrected chi connectivity index (χ3v) is 5.37. The lowest BCUT2D eigenvalue weighted by molar-refractivity contribution is 0.0257. The molecule has 0 radical (unpaired) electrons. The summed E-state index contributed by atoms with van der Waals surface area (Å²) in [5.41, 5.74) is 0.520. The second-order valence-corrected chi connectivity index (χ2v) is 7.41. The number of hydrogen-bond donors (Lipinski definition) is 1. The highest BCUT2D eigenvalue weighted by molar-refractivity contribution is 4.98. The fourth-order valence-electron chi connectivity index (χ4n) is 3.98. The van der Waals surface area contributed by atoms with E-state index < -0.39 is 0 Å². The van der Waals surface area contributed by atoms with E-state index in [9.17, 15) is 0 Å². The minimum atomic E-state index is 0.520. The third kappa shape index (κ3) is 2.75. The molecular weight excluding hydrogens is 220 g/mol. The van der Waals surface area contributed by atoms with Crippen LogP contribution >= 0.6 is 0 Å². The predicted molar refractivity (Wildman–Crippen MR) is 78.8 cm³/mol. The average molecular weight is 252 g/mol. The molecule has 0 aromatic rings. The van der Waals surface area contributed by atoms with E-state index in [-0.39, 0.29) is 0 Å². The van der Waals surface area contributed by atoms with Gasteiger partial charge in [0, 0.05) is 31.2 Å². The number of nitrogens with one attached hydrogen (secondary N) is 1. The Balaban J connectivity index is 2.11. The van der Waals surface area contributed by atoms with Gasteiger partial charge in [-0.25, -0.2) is 0 Å². The van der Waals surface area contributed by atoms with Gasteiger partial charge in [0.25, 0.3) is 0 Å². The van der Waals surface area contributed by atoms with Gasteiger partial charge in [0.15, 0.2) is 0 Å². The van der Waals surface area contributed by atoms with Gasteiger partial charge < -0.3 is 5.32 Å². The molecule has 3 atom stereocenters. The largest absolute Gasteiger partial charge is 0.311 e. The minimum Gasteiger partial charge on any atom is -0.311 e. The first-order chi connectivity index (χ1) is 8.45. The minimum absolute atomic E-state index is 0.520. The third-order valence-electron chi connectivity index (χ3n) is 5.37. The van der Waals surface area contributed by atoms with Gasteiger partial charge in [0.05, 0.1) is 0 Å². The zero-order valence-corrected chi connectivity index (χ0v) is 13.0. The molecule has 2 rings (SSSR count). The Labute approximate surface area is 114 Å².